The highest BCUT2D eigenvalue weighted by atomic mass is 35.5. The minimum Gasteiger partial charge on any atom is -0.467 e. The van der Waals surface area contributed by atoms with E-state index in [0.717, 1.165) is 42.0 Å². The number of piperidine rings is 1. The zero-order chi connectivity index (χ0) is 20.4. The largest absolute Gasteiger partial charge is 0.467 e. The second kappa shape index (κ2) is 8.39. The predicted octanol–water partition coefficient (Wildman–Crippen LogP) is 1.53. The van der Waals surface area contributed by atoms with E-state index in [2.05, 4.69) is 5.10 Å². The number of nitrogens with two attached hydrogens (primary N) is 1. The van der Waals surface area contributed by atoms with E-state index in [1.54, 1.807) is 24.5 Å². The van der Waals surface area contributed by atoms with E-state index in [0.29, 0.717) is 17.2 Å². The molecule has 0 radical (unpaired) electrons. The molecule has 1 saturated heterocycles. The van der Waals surface area contributed by atoms with Gasteiger partial charge in [0.2, 0.25) is 0 Å². The number of hydrazone groups is 1. The van der Waals surface area contributed by atoms with Crippen molar-refractivity contribution in [2.24, 2.45) is 10.8 Å². The van der Waals surface area contributed by atoms with E-state index in [1.165, 1.54) is 5.01 Å². The molecule has 4 rings (SSSR count). The molecule has 3 atom stereocenters. The van der Waals surface area contributed by atoms with Crippen molar-refractivity contribution >= 4 is 29.1 Å². The Kier molecular flexibility index (Phi) is 5.69. The van der Waals surface area contributed by atoms with Crippen LogP contribution < -0.4 is 10.6 Å². The van der Waals surface area contributed by atoms with Crippen LogP contribution in [0.5, 0.6) is 0 Å². The maximum atomic E-state index is 13.2. The van der Waals surface area contributed by atoms with Gasteiger partial charge < -0.3 is 15.1 Å². The number of carbonyl (C=O) groups is 2. The Hall–Kier alpha value is -2.64. The molecule has 0 saturated carbocycles. The molecule has 1 fully saturated rings. The van der Waals surface area contributed by atoms with E-state index < -0.39 is 0 Å². The number of hydrogen-bond donors (Lipinski definition) is 2. The number of furan rings is 1. The first-order valence-electron chi connectivity index (χ1n) is 9.85. The number of rotatable bonds is 5. The van der Waals surface area contributed by atoms with Gasteiger partial charge in [-0.2, -0.15) is 5.10 Å². The third-order valence-electron chi connectivity index (χ3n) is 5.67. The summed E-state index contributed by atoms with van der Waals surface area (Å²) in [4.78, 5) is 25.9. The summed E-state index contributed by atoms with van der Waals surface area (Å²) in [5.74, 6) is 0.200. The first-order valence-corrected chi connectivity index (χ1v) is 10.2. The average Bonchev–Trinajstić information content (AvgIpc) is 3.38. The van der Waals surface area contributed by atoms with Gasteiger partial charge in [-0.1, -0.05) is 23.7 Å². The number of primary amides is 1. The zero-order valence-corrected chi connectivity index (χ0v) is 16.8. The number of likely N-dealkylation sites (tertiary alicyclic amines) is 1. The van der Waals surface area contributed by atoms with Gasteiger partial charge in [-0.3, -0.25) is 9.59 Å². The first-order chi connectivity index (χ1) is 14.0. The van der Waals surface area contributed by atoms with E-state index in [-0.39, 0.29) is 30.4 Å². The molecule has 0 aliphatic carbocycles. The highest BCUT2D eigenvalue weighted by Crippen LogP contribution is 2.33. The lowest BCUT2D eigenvalue weighted by Gasteiger charge is -2.31. The fourth-order valence-electron chi connectivity index (χ4n) is 4.17. The van der Waals surface area contributed by atoms with Crippen LogP contribution >= 0.6 is 11.6 Å². The zero-order valence-electron chi connectivity index (χ0n) is 16.0. The summed E-state index contributed by atoms with van der Waals surface area (Å²) in [5, 5.41) is 6.78. The molecule has 8 heteroatoms. The van der Waals surface area contributed by atoms with Gasteiger partial charge in [-0.05, 0) is 42.7 Å². The minimum atomic E-state index is -0.345. The van der Waals surface area contributed by atoms with E-state index in [4.69, 9.17) is 21.8 Å². The Morgan fingerprint density at radius 3 is 2.72 bits per heavy atom. The fourth-order valence-corrected chi connectivity index (χ4v) is 4.29. The van der Waals surface area contributed by atoms with Crippen LogP contribution in [0.25, 0.3) is 0 Å². The second-order valence-corrected chi connectivity index (χ2v) is 8.00. The van der Waals surface area contributed by atoms with E-state index in [9.17, 15) is 9.59 Å². The lowest BCUT2D eigenvalue weighted by atomic mass is 10.0. The molecule has 3 heterocycles. The van der Waals surface area contributed by atoms with Crippen molar-refractivity contribution < 1.29 is 18.9 Å². The van der Waals surface area contributed by atoms with Crippen molar-refractivity contribution in [1.82, 2.24) is 5.01 Å². The van der Waals surface area contributed by atoms with Crippen LogP contribution in [0, 0.1) is 0 Å². The van der Waals surface area contributed by atoms with Crippen LogP contribution in [-0.4, -0.2) is 41.7 Å². The van der Waals surface area contributed by atoms with Crippen LogP contribution in [0.3, 0.4) is 0 Å². The summed E-state index contributed by atoms with van der Waals surface area (Å²) in [6, 6.07) is 10.4. The van der Waals surface area contributed by atoms with Gasteiger partial charge >= 0.3 is 0 Å². The highest BCUT2D eigenvalue weighted by molar-refractivity contribution is 6.30. The third-order valence-corrected chi connectivity index (χ3v) is 5.92. The monoisotopic (exact) mass is 415 g/mol. The molecular formula is C21H24ClN4O3+. The molecule has 3 N–H and O–H groups in total. The quantitative estimate of drug-likeness (QED) is 0.775. The van der Waals surface area contributed by atoms with Gasteiger partial charge in [-0.15, -0.1) is 0 Å². The molecule has 1 aromatic heterocycles. The molecule has 7 nitrogen and oxygen atoms in total. The molecule has 1 aromatic carbocycles. The summed E-state index contributed by atoms with van der Waals surface area (Å²) in [7, 11) is 0. The normalized spacial score (nSPS) is 24.4. The fraction of sp³-hybridized carbons (Fsp3) is 0.381. The maximum absolute atomic E-state index is 13.2. The Morgan fingerprint density at radius 2 is 2.03 bits per heavy atom. The van der Waals surface area contributed by atoms with E-state index >= 15 is 0 Å². The third kappa shape index (κ3) is 4.21. The Morgan fingerprint density at radius 1 is 1.24 bits per heavy atom. The summed E-state index contributed by atoms with van der Waals surface area (Å²) >= 11 is 6.00. The summed E-state index contributed by atoms with van der Waals surface area (Å²) in [6.45, 7) is 0.939. The maximum Gasteiger partial charge on any atom is 0.298 e. The number of nitrogens with zero attached hydrogens (tertiary/aromatic N) is 2. The number of quaternary nitrogens is 1. The molecule has 2 aromatic rings. The Balaban J connectivity index is 1.58. The van der Waals surface area contributed by atoms with Gasteiger partial charge in [0.1, 0.15) is 11.8 Å². The van der Waals surface area contributed by atoms with Crippen molar-refractivity contribution in [3.63, 3.8) is 0 Å². The van der Waals surface area contributed by atoms with Crippen molar-refractivity contribution in [1.29, 1.82) is 0 Å². The predicted molar refractivity (Wildman–Crippen MR) is 108 cm³/mol. The van der Waals surface area contributed by atoms with Crippen molar-refractivity contribution in [3.05, 3.63) is 59.0 Å². The van der Waals surface area contributed by atoms with Gasteiger partial charge in [0, 0.05) is 17.9 Å². The number of carbonyl (C=O) groups excluding carboxylic acids is 2. The second-order valence-electron chi connectivity index (χ2n) is 7.56. The molecule has 0 spiro atoms. The van der Waals surface area contributed by atoms with Gasteiger partial charge in [-0.25, -0.2) is 5.01 Å². The molecule has 29 heavy (non-hydrogen) atoms. The van der Waals surface area contributed by atoms with Crippen LogP contribution in [0.1, 0.15) is 43.0 Å². The minimum absolute atomic E-state index is 0.140. The van der Waals surface area contributed by atoms with Crippen LogP contribution in [0.4, 0.5) is 0 Å². The molecule has 152 valence electrons. The average molecular weight is 416 g/mol. The number of amides is 2. The number of benzene rings is 1. The van der Waals surface area contributed by atoms with Crippen LogP contribution in [0.2, 0.25) is 5.02 Å². The number of nitrogens with one attached hydrogen (secondary N) is 1. The standard InChI is InChI=1S/C21H23ClN4O3/c22-15-8-6-14(7-9-15)16-12-18(19-5-3-11-29-19)26(24-16)20(27)13-25-10-2-1-4-17(25)21(23)28/h3,5-9,11,17-18H,1-2,4,10,12-13H2,(H2,23,28)/p+1/t17-,18-/m1/s1. The number of halogens is 1. The SMILES string of the molecule is NC(=O)[C@H]1CCCC[NH+]1CC(=O)N1N=C(c2ccc(Cl)cc2)C[C@@H]1c1ccco1. The lowest BCUT2D eigenvalue weighted by molar-refractivity contribution is -0.913. The summed E-state index contributed by atoms with van der Waals surface area (Å²) in [5.41, 5.74) is 7.28. The Labute approximate surface area is 174 Å². The summed E-state index contributed by atoms with van der Waals surface area (Å²) < 4.78 is 5.58. The van der Waals surface area contributed by atoms with Crippen molar-refractivity contribution in [2.75, 3.05) is 13.1 Å². The van der Waals surface area contributed by atoms with Gasteiger partial charge in [0.05, 0.1) is 18.5 Å². The first kappa shape index (κ1) is 19.7. The van der Waals surface area contributed by atoms with Gasteiger partial charge in [0.15, 0.2) is 12.6 Å². The summed E-state index contributed by atoms with van der Waals surface area (Å²) in [6.07, 6.45) is 4.81. The van der Waals surface area contributed by atoms with Crippen molar-refractivity contribution in [2.45, 2.75) is 37.8 Å². The topological polar surface area (TPSA) is 93.3 Å². The molecule has 2 amide bonds. The van der Waals surface area contributed by atoms with Crippen LogP contribution in [-0.2, 0) is 9.59 Å². The molecular weight excluding hydrogens is 392 g/mol. The van der Waals surface area contributed by atoms with E-state index in [1.807, 2.05) is 18.2 Å². The molecule has 1 unspecified atom stereocenters. The van der Waals surface area contributed by atoms with Crippen LogP contribution in [0.15, 0.2) is 52.2 Å². The molecule has 2 aliphatic heterocycles. The molecule has 2 aliphatic rings. The van der Waals surface area contributed by atoms with Crippen molar-refractivity contribution in [3.8, 4) is 0 Å². The Bertz CT molecular complexity index is 911. The molecule has 0 bridgehead atoms. The number of hydrogen-bond acceptors (Lipinski definition) is 4. The van der Waals surface area contributed by atoms with Gasteiger partial charge in [0.25, 0.3) is 11.8 Å². The highest BCUT2D eigenvalue weighted by Gasteiger charge is 2.39. The lowest BCUT2D eigenvalue weighted by Crippen LogP contribution is -3.18. The smallest absolute Gasteiger partial charge is 0.298 e.